The molecule has 1 aliphatic carbocycles. The second kappa shape index (κ2) is 4.33. The molecular weight excluding hydrogens is 198 g/mol. The highest BCUT2D eigenvalue weighted by atomic mass is 16.6. The predicted octanol–water partition coefficient (Wildman–Crippen LogP) is 1.94. The average molecular weight is 211 g/mol. The first kappa shape index (κ1) is 10.0. The molecule has 0 atom stereocenters. The van der Waals surface area contributed by atoms with E-state index in [0.29, 0.717) is 6.61 Å². The number of ether oxygens (including phenoxy) is 1. The molecule has 0 aliphatic heterocycles. The first-order valence-corrected chi connectivity index (χ1v) is 5.07. The zero-order valence-electron chi connectivity index (χ0n) is 8.31. The Morgan fingerprint density at radius 1 is 1.67 bits per heavy atom. The molecule has 5 nitrogen and oxygen atoms in total. The fraction of sp³-hybridized carbons (Fsp3) is 0.600. The molecule has 2 rings (SSSR count). The summed E-state index contributed by atoms with van der Waals surface area (Å²) in [6.45, 7) is 0.546. The number of hydrogen-bond donors (Lipinski definition) is 1. The lowest BCUT2D eigenvalue weighted by Crippen LogP contribution is -2.14. The maximum atomic E-state index is 10.5. The molecule has 1 fully saturated rings. The molecule has 1 aliphatic rings. The van der Waals surface area contributed by atoms with E-state index >= 15 is 0 Å². The number of carbonyl (C=O) groups is 1. The smallest absolute Gasteiger partial charge is 0.394 e. The van der Waals surface area contributed by atoms with E-state index in [-0.39, 0.29) is 11.8 Å². The molecule has 15 heavy (non-hydrogen) atoms. The van der Waals surface area contributed by atoms with Crippen molar-refractivity contribution in [2.45, 2.75) is 25.7 Å². The van der Waals surface area contributed by atoms with Gasteiger partial charge in [0, 0.05) is 0 Å². The molecule has 0 amide bonds. The molecule has 0 saturated heterocycles. The van der Waals surface area contributed by atoms with E-state index in [4.69, 9.17) is 14.3 Å². The Bertz CT molecular complexity index is 343. The van der Waals surface area contributed by atoms with Crippen molar-refractivity contribution in [3.05, 3.63) is 12.0 Å². The van der Waals surface area contributed by atoms with Crippen molar-refractivity contribution in [3.8, 4) is 6.08 Å². The summed E-state index contributed by atoms with van der Waals surface area (Å²) in [5.74, 6) is -0.341. The van der Waals surface area contributed by atoms with Crippen molar-refractivity contribution in [3.63, 3.8) is 0 Å². The lowest BCUT2D eigenvalue weighted by molar-refractivity contribution is 0.0690. The van der Waals surface area contributed by atoms with Crippen LogP contribution in [0, 0.1) is 5.92 Å². The molecule has 0 spiro atoms. The Morgan fingerprint density at radius 2 is 2.47 bits per heavy atom. The van der Waals surface area contributed by atoms with Gasteiger partial charge in [0.25, 0.3) is 0 Å². The summed E-state index contributed by atoms with van der Waals surface area (Å²) in [6.07, 6.45) is 5.98. The largest absolute Gasteiger partial charge is 0.476 e. The minimum absolute atomic E-state index is 0.0479. The summed E-state index contributed by atoms with van der Waals surface area (Å²) in [5, 5.41) is 8.58. The average Bonchev–Trinajstić information content (AvgIpc) is 2.57. The third kappa shape index (κ3) is 2.49. The van der Waals surface area contributed by atoms with Gasteiger partial charge in [-0.2, -0.15) is 4.98 Å². The second-order valence-corrected chi connectivity index (χ2v) is 3.74. The van der Waals surface area contributed by atoms with Crippen LogP contribution in [0.5, 0.6) is 6.08 Å². The third-order valence-corrected chi connectivity index (χ3v) is 2.68. The fourth-order valence-electron chi connectivity index (χ4n) is 1.52. The molecule has 1 N–H and O–H groups in total. The zero-order valence-corrected chi connectivity index (χ0v) is 8.31. The number of nitrogens with zero attached hydrogens (tertiary/aromatic N) is 1. The lowest BCUT2D eigenvalue weighted by Gasteiger charge is -2.24. The Morgan fingerprint density at radius 3 is 3.00 bits per heavy atom. The fourth-order valence-corrected chi connectivity index (χ4v) is 1.52. The number of aromatic carboxylic acids is 1. The van der Waals surface area contributed by atoms with Gasteiger partial charge in [-0.15, -0.1) is 0 Å². The number of carboxylic acid groups (broad SMARTS) is 1. The Kier molecular flexibility index (Phi) is 2.89. The number of rotatable bonds is 5. The number of aromatic nitrogens is 1. The molecule has 5 heteroatoms. The predicted molar refractivity (Wildman–Crippen MR) is 50.9 cm³/mol. The Labute approximate surface area is 87.1 Å². The summed E-state index contributed by atoms with van der Waals surface area (Å²) < 4.78 is 10.0. The molecule has 1 aromatic heterocycles. The summed E-state index contributed by atoms with van der Waals surface area (Å²) in [7, 11) is 0. The molecule has 0 aromatic carbocycles. The Hall–Kier alpha value is -1.52. The van der Waals surface area contributed by atoms with Crippen molar-refractivity contribution in [1.82, 2.24) is 4.98 Å². The van der Waals surface area contributed by atoms with Gasteiger partial charge in [0.15, 0.2) is 5.69 Å². The summed E-state index contributed by atoms with van der Waals surface area (Å²) in [5.41, 5.74) is -0.117. The summed E-state index contributed by atoms with van der Waals surface area (Å²) in [4.78, 5) is 14.1. The quantitative estimate of drug-likeness (QED) is 0.805. The first-order chi connectivity index (χ1) is 7.25. The molecule has 1 heterocycles. The van der Waals surface area contributed by atoms with E-state index in [1.807, 2.05) is 0 Å². The maximum Gasteiger partial charge on any atom is 0.394 e. The molecule has 0 radical (unpaired) electrons. The molecular formula is C10H13NO4. The number of carboxylic acids is 1. The Balaban J connectivity index is 1.75. The van der Waals surface area contributed by atoms with Crippen LogP contribution >= 0.6 is 0 Å². The molecule has 82 valence electrons. The first-order valence-electron chi connectivity index (χ1n) is 5.07. The van der Waals surface area contributed by atoms with Crippen molar-refractivity contribution in [1.29, 1.82) is 0 Å². The minimum Gasteiger partial charge on any atom is -0.476 e. The van der Waals surface area contributed by atoms with Crippen LogP contribution in [0.4, 0.5) is 0 Å². The van der Waals surface area contributed by atoms with E-state index in [1.54, 1.807) is 0 Å². The number of oxazole rings is 1. The minimum atomic E-state index is -1.10. The highest BCUT2D eigenvalue weighted by Gasteiger charge is 2.17. The maximum absolute atomic E-state index is 10.5. The molecule has 1 aromatic rings. The van der Waals surface area contributed by atoms with Crippen molar-refractivity contribution in [2.24, 2.45) is 5.92 Å². The van der Waals surface area contributed by atoms with Crippen LogP contribution in [0.2, 0.25) is 0 Å². The van der Waals surface area contributed by atoms with Gasteiger partial charge in [-0.25, -0.2) is 4.79 Å². The summed E-state index contributed by atoms with van der Waals surface area (Å²) in [6, 6.07) is 0. The van der Waals surface area contributed by atoms with Gasteiger partial charge in [0.2, 0.25) is 0 Å². The van der Waals surface area contributed by atoms with Gasteiger partial charge in [0.05, 0.1) is 6.61 Å². The van der Waals surface area contributed by atoms with Crippen LogP contribution in [0.1, 0.15) is 36.2 Å². The lowest BCUT2D eigenvalue weighted by atomic mass is 9.83. The topological polar surface area (TPSA) is 72.6 Å². The monoisotopic (exact) mass is 211 g/mol. The second-order valence-electron chi connectivity index (χ2n) is 3.74. The molecule has 1 saturated carbocycles. The van der Waals surface area contributed by atoms with Gasteiger partial charge in [-0.1, -0.05) is 19.3 Å². The van der Waals surface area contributed by atoms with Crippen molar-refractivity contribution >= 4 is 5.97 Å². The standard InChI is InChI=1S/C10H13NO4/c12-9(13)8-6-15-10(11-8)14-5-4-7-2-1-3-7/h6-7H,1-5H2,(H,12,13). The zero-order chi connectivity index (χ0) is 10.7. The normalized spacial score (nSPS) is 16.0. The van der Waals surface area contributed by atoms with Gasteiger partial charge in [-0.05, 0) is 12.3 Å². The van der Waals surface area contributed by atoms with Crippen LogP contribution in [0.15, 0.2) is 10.7 Å². The van der Waals surface area contributed by atoms with E-state index in [0.717, 1.165) is 18.6 Å². The van der Waals surface area contributed by atoms with Gasteiger partial charge < -0.3 is 14.3 Å². The van der Waals surface area contributed by atoms with Gasteiger partial charge >= 0.3 is 12.0 Å². The van der Waals surface area contributed by atoms with E-state index in [2.05, 4.69) is 4.98 Å². The SMILES string of the molecule is O=C(O)c1coc(OCCC2CCC2)n1. The number of hydrogen-bond acceptors (Lipinski definition) is 4. The molecule has 0 unspecified atom stereocenters. The summed E-state index contributed by atoms with van der Waals surface area (Å²) >= 11 is 0. The van der Waals surface area contributed by atoms with Crippen molar-refractivity contribution in [2.75, 3.05) is 6.61 Å². The van der Waals surface area contributed by atoms with Gasteiger partial charge in [-0.3, -0.25) is 0 Å². The van der Waals surface area contributed by atoms with Crippen LogP contribution in [0.25, 0.3) is 0 Å². The van der Waals surface area contributed by atoms with Crippen LogP contribution in [-0.2, 0) is 0 Å². The van der Waals surface area contributed by atoms with Gasteiger partial charge in [0.1, 0.15) is 6.26 Å². The van der Waals surface area contributed by atoms with Crippen LogP contribution in [0.3, 0.4) is 0 Å². The van der Waals surface area contributed by atoms with Crippen molar-refractivity contribution < 1.29 is 19.1 Å². The van der Waals surface area contributed by atoms with E-state index in [9.17, 15) is 4.79 Å². The molecule has 0 bridgehead atoms. The highest BCUT2D eigenvalue weighted by Crippen LogP contribution is 2.29. The highest BCUT2D eigenvalue weighted by molar-refractivity contribution is 5.84. The third-order valence-electron chi connectivity index (χ3n) is 2.68. The van der Waals surface area contributed by atoms with E-state index < -0.39 is 5.97 Å². The van der Waals surface area contributed by atoms with E-state index in [1.165, 1.54) is 19.3 Å². The van der Waals surface area contributed by atoms with Crippen LogP contribution < -0.4 is 4.74 Å². The van der Waals surface area contributed by atoms with Crippen LogP contribution in [-0.4, -0.2) is 22.7 Å².